The largest absolute Gasteiger partial charge is 0.487 e. The minimum absolute atomic E-state index is 0.132. The van der Waals surface area contributed by atoms with Crippen LogP contribution in [0, 0.1) is 10.1 Å². The molecule has 2 N–H and O–H groups in total. The van der Waals surface area contributed by atoms with Gasteiger partial charge < -0.3 is 15.4 Å². The van der Waals surface area contributed by atoms with Crippen LogP contribution in [-0.2, 0) is 0 Å². The van der Waals surface area contributed by atoms with E-state index in [0.717, 1.165) is 11.3 Å². The van der Waals surface area contributed by atoms with Crippen LogP contribution in [0.25, 0.3) is 0 Å². The van der Waals surface area contributed by atoms with Crippen molar-refractivity contribution in [3.05, 3.63) is 63.7 Å². The van der Waals surface area contributed by atoms with E-state index in [-0.39, 0.29) is 23.2 Å². The van der Waals surface area contributed by atoms with E-state index in [9.17, 15) is 14.9 Å². The summed E-state index contributed by atoms with van der Waals surface area (Å²) in [6, 6.07) is 12.0. The monoisotopic (exact) mass is 355 g/mol. The summed E-state index contributed by atoms with van der Waals surface area (Å²) in [6.45, 7) is 3.97. The van der Waals surface area contributed by atoms with Gasteiger partial charge in [-0.05, 0) is 32.0 Å². The molecule has 1 atom stereocenters. The summed E-state index contributed by atoms with van der Waals surface area (Å²) in [4.78, 5) is 22.8. The highest BCUT2D eigenvalue weighted by atomic mass is 16.6. The van der Waals surface area contributed by atoms with Crippen LogP contribution >= 0.6 is 0 Å². The number of nitro groups is 1. The Morgan fingerprint density at radius 3 is 2.69 bits per heavy atom. The number of ether oxygens (including phenoxy) is 1. The third kappa shape index (κ3) is 3.46. The van der Waals surface area contributed by atoms with Crippen molar-refractivity contribution in [2.75, 3.05) is 12.4 Å². The fourth-order valence-electron chi connectivity index (χ4n) is 3.21. The molecule has 3 rings (SSSR count). The van der Waals surface area contributed by atoms with E-state index in [1.54, 1.807) is 12.1 Å². The zero-order valence-electron chi connectivity index (χ0n) is 14.9. The molecule has 7 heteroatoms. The normalized spacial score (nSPS) is 17.6. The van der Waals surface area contributed by atoms with E-state index in [2.05, 4.69) is 10.6 Å². The number of carbonyl (C=O) groups is 1. The molecule has 0 aliphatic carbocycles. The number of hydrogen-bond donors (Lipinski definition) is 2. The molecule has 2 aromatic carbocycles. The van der Waals surface area contributed by atoms with Crippen LogP contribution in [0.2, 0.25) is 0 Å². The minimum Gasteiger partial charge on any atom is -0.487 e. The number of fused-ring (bicyclic) bond motifs is 1. The van der Waals surface area contributed by atoms with Gasteiger partial charge >= 0.3 is 0 Å². The van der Waals surface area contributed by atoms with Gasteiger partial charge in [0.15, 0.2) is 0 Å². The summed E-state index contributed by atoms with van der Waals surface area (Å²) in [6.07, 6.45) is 0.651. The van der Waals surface area contributed by atoms with Gasteiger partial charge in [-0.1, -0.05) is 18.2 Å². The zero-order valence-corrected chi connectivity index (χ0v) is 14.9. The van der Waals surface area contributed by atoms with Crippen molar-refractivity contribution in [3.8, 4) is 5.75 Å². The Labute approximate surface area is 151 Å². The lowest BCUT2D eigenvalue weighted by Crippen LogP contribution is -2.37. The first kappa shape index (κ1) is 17.7. The van der Waals surface area contributed by atoms with Crippen LogP contribution in [-0.4, -0.2) is 23.5 Å². The number of rotatable bonds is 4. The summed E-state index contributed by atoms with van der Waals surface area (Å²) < 4.78 is 6.00. The summed E-state index contributed by atoms with van der Waals surface area (Å²) in [7, 11) is 1.49. The molecule has 1 aliphatic rings. The van der Waals surface area contributed by atoms with Gasteiger partial charge in [-0.15, -0.1) is 0 Å². The molecule has 2 aromatic rings. The van der Waals surface area contributed by atoms with Gasteiger partial charge in [0.05, 0.1) is 11.0 Å². The molecular weight excluding hydrogens is 334 g/mol. The quantitative estimate of drug-likeness (QED) is 0.645. The van der Waals surface area contributed by atoms with Gasteiger partial charge in [0.25, 0.3) is 11.6 Å². The first-order valence-corrected chi connectivity index (χ1v) is 8.36. The van der Waals surface area contributed by atoms with Crippen molar-refractivity contribution >= 4 is 17.3 Å². The van der Waals surface area contributed by atoms with Crippen LogP contribution in [0.4, 0.5) is 11.4 Å². The van der Waals surface area contributed by atoms with Gasteiger partial charge in [0.1, 0.15) is 17.0 Å². The maximum absolute atomic E-state index is 11.8. The smallest absolute Gasteiger partial charge is 0.293 e. The Hall–Kier alpha value is -3.09. The number of carbonyl (C=O) groups excluding carboxylic acids is 1. The molecule has 1 unspecified atom stereocenters. The fourth-order valence-corrected chi connectivity index (χ4v) is 3.21. The molecule has 0 aromatic heterocycles. The topological polar surface area (TPSA) is 93.5 Å². The number of anilines is 1. The van der Waals surface area contributed by atoms with E-state index in [1.807, 2.05) is 38.1 Å². The second kappa shape index (κ2) is 6.67. The Balaban J connectivity index is 1.98. The van der Waals surface area contributed by atoms with Crippen LogP contribution in [0.3, 0.4) is 0 Å². The number of amides is 1. The molecule has 136 valence electrons. The van der Waals surface area contributed by atoms with Crippen molar-refractivity contribution < 1.29 is 14.5 Å². The molecule has 1 aliphatic heterocycles. The van der Waals surface area contributed by atoms with E-state index in [0.29, 0.717) is 12.1 Å². The second-order valence-electron chi connectivity index (χ2n) is 6.87. The predicted octanol–water partition coefficient (Wildman–Crippen LogP) is 3.67. The van der Waals surface area contributed by atoms with Crippen molar-refractivity contribution in [3.63, 3.8) is 0 Å². The van der Waals surface area contributed by atoms with Crippen LogP contribution in [0.1, 0.15) is 42.2 Å². The first-order chi connectivity index (χ1) is 12.3. The van der Waals surface area contributed by atoms with Crippen LogP contribution in [0.5, 0.6) is 5.75 Å². The molecule has 0 saturated heterocycles. The molecular formula is C19H21N3O4. The molecule has 7 nitrogen and oxygen atoms in total. The molecule has 0 bridgehead atoms. The van der Waals surface area contributed by atoms with Gasteiger partial charge in [-0.3, -0.25) is 14.9 Å². The van der Waals surface area contributed by atoms with Gasteiger partial charge in [0.2, 0.25) is 0 Å². The van der Waals surface area contributed by atoms with Gasteiger partial charge in [-0.2, -0.15) is 0 Å². The Kier molecular flexibility index (Phi) is 4.54. The fraction of sp³-hybridized carbons (Fsp3) is 0.316. The maximum Gasteiger partial charge on any atom is 0.293 e. The third-order valence-corrected chi connectivity index (χ3v) is 4.39. The second-order valence-corrected chi connectivity index (χ2v) is 6.87. The first-order valence-electron chi connectivity index (χ1n) is 8.36. The van der Waals surface area contributed by atoms with Crippen molar-refractivity contribution in [2.45, 2.75) is 31.9 Å². The minimum atomic E-state index is -0.481. The summed E-state index contributed by atoms with van der Waals surface area (Å²) in [5.74, 6) is 0.406. The lowest BCUT2D eigenvalue weighted by atomic mass is 9.89. The summed E-state index contributed by atoms with van der Waals surface area (Å²) in [5.41, 5.74) is 1.05. The summed E-state index contributed by atoms with van der Waals surface area (Å²) in [5, 5.41) is 17.3. The van der Waals surface area contributed by atoms with Crippen LogP contribution < -0.4 is 15.4 Å². The average Bonchev–Trinajstić information content (AvgIpc) is 2.60. The van der Waals surface area contributed by atoms with Gasteiger partial charge in [0, 0.05) is 30.7 Å². The number of nitro benzene ring substituents is 1. The number of nitrogens with one attached hydrogen (secondary N) is 2. The van der Waals surface area contributed by atoms with Crippen molar-refractivity contribution in [1.29, 1.82) is 0 Å². The van der Waals surface area contributed by atoms with E-state index < -0.39 is 10.5 Å². The molecule has 1 heterocycles. The standard InChI is InChI=1S/C19H21N3O4/c1-19(2)11-15(13-6-4-5-7-17(13)26-19)21-14-9-8-12(18(23)20-3)10-16(14)22(24)25/h4-10,15,21H,11H2,1-3H3,(H,20,23). The highest BCUT2D eigenvalue weighted by molar-refractivity contribution is 5.95. The van der Waals surface area contributed by atoms with E-state index in [4.69, 9.17) is 4.74 Å². The summed E-state index contributed by atoms with van der Waals surface area (Å²) >= 11 is 0. The lowest BCUT2D eigenvalue weighted by molar-refractivity contribution is -0.384. The Morgan fingerprint density at radius 1 is 1.27 bits per heavy atom. The lowest BCUT2D eigenvalue weighted by Gasteiger charge is -2.38. The number of para-hydroxylation sites is 1. The van der Waals surface area contributed by atoms with E-state index >= 15 is 0 Å². The molecule has 0 spiro atoms. The molecule has 0 fully saturated rings. The third-order valence-electron chi connectivity index (χ3n) is 4.39. The number of nitrogens with zero attached hydrogens (tertiary/aromatic N) is 1. The predicted molar refractivity (Wildman–Crippen MR) is 98.6 cm³/mol. The van der Waals surface area contributed by atoms with Crippen molar-refractivity contribution in [2.24, 2.45) is 0 Å². The highest BCUT2D eigenvalue weighted by Crippen LogP contribution is 2.42. The SMILES string of the molecule is CNC(=O)c1ccc(NC2CC(C)(C)Oc3ccccc32)c([N+](=O)[O-])c1. The highest BCUT2D eigenvalue weighted by Gasteiger charge is 2.34. The molecule has 0 radical (unpaired) electrons. The zero-order chi connectivity index (χ0) is 18.9. The van der Waals surface area contributed by atoms with Gasteiger partial charge in [-0.25, -0.2) is 0 Å². The average molecular weight is 355 g/mol. The number of hydrogen-bond acceptors (Lipinski definition) is 5. The van der Waals surface area contributed by atoms with Crippen LogP contribution in [0.15, 0.2) is 42.5 Å². The Morgan fingerprint density at radius 2 is 2.00 bits per heavy atom. The van der Waals surface area contributed by atoms with E-state index in [1.165, 1.54) is 13.1 Å². The molecule has 1 amide bonds. The molecule has 0 saturated carbocycles. The molecule has 26 heavy (non-hydrogen) atoms. The Bertz CT molecular complexity index is 864. The maximum atomic E-state index is 11.8. The number of benzene rings is 2. The van der Waals surface area contributed by atoms with Crippen molar-refractivity contribution in [1.82, 2.24) is 5.32 Å².